The summed E-state index contributed by atoms with van der Waals surface area (Å²) in [6.07, 6.45) is 1.01. The molecule has 0 amide bonds. The first-order valence-corrected chi connectivity index (χ1v) is 7.89. The molecule has 0 unspecified atom stereocenters. The van der Waals surface area contributed by atoms with Gasteiger partial charge in [-0.3, -0.25) is 0 Å². The zero-order valence-electron chi connectivity index (χ0n) is 10.5. The summed E-state index contributed by atoms with van der Waals surface area (Å²) in [5.41, 5.74) is 6.38. The Hall–Kier alpha value is -1.13. The average Bonchev–Trinajstić information content (AvgIpc) is 2.42. The van der Waals surface area contributed by atoms with Crippen molar-refractivity contribution in [1.29, 1.82) is 0 Å². The molecule has 0 heterocycles. The van der Waals surface area contributed by atoms with Crippen LogP contribution in [0, 0.1) is 0 Å². The third-order valence-electron chi connectivity index (χ3n) is 2.53. The molecule has 0 bridgehead atoms. The molecule has 0 radical (unpaired) electrons. The zero-order valence-corrected chi connectivity index (χ0v) is 12.9. The summed E-state index contributed by atoms with van der Waals surface area (Å²) in [5, 5.41) is 0. The van der Waals surface area contributed by atoms with Gasteiger partial charge in [0.05, 0.1) is 6.61 Å². The van der Waals surface area contributed by atoms with Crippen molar-refractivity contribution in [2.45, 2.75) is 11.3 Å². The van der Waals surface area contributed by atoms with Gasteiger partial charge in [0.1, 0.15) is 5.75 Å². The van der Waals surface area contributed by atoms with Gasteiger partial charge in [0.2, 0.25) is 0 Å². The minimum absolute atomic E-state index is 0.724. The number of hydrogen-bond donors (Lipinski definition) is 1. The fourth-order valence-corrected chi connectivity index (χ4v) is 3.05. The number of nitrogen functional groups attached to an aromatic ring is 1. The highest BCUT2D eigenvalue weighted by molar-refractivity contribution is 9.10. The van der Waals surface area contributed by atoms with Crippen LogP contribution in [0.15, 0.2) is 57.9 Å². The highest BCUT2D eigenvalue weighted by Crippen LogP contribution is 2.27. The predicted molar refractivity (Wildman–Crippen MR) is 85.8 cm³/mol. The Balaban J connectivity index is 1.67. The third-order valence-corrected chi connectivity index (χ3v) is 4.65. The van der Waals surface area contributed by atoms with E-state index in [9.17, 15) is 0 Å². The van der Waals surface area contributed by atoms with Crippen LogP contribution in [0.4, 0.5) is 5.69 Å². The maximum absolute atomic E-state index is 5.65. The quantitative estimate of drug-likeness (QED) is 0.475. The molecule has 0 atom stereocenters. The van der Waals surface area contributed by atoms with Crippen molar-refractivity contribution in [3.63, 3.8) is 0 Å². The second-order valence-corrected chi connectivity index (χ2v) is 6.04. The van der Waals surface area contributed by atoms with Gasteiger partial charge in [0.15, 0.2) is 0 Å². The summed E-state index contributed by atoms with van der Waals surface area (Å²) in [6, 6.07) is 15.8. The van der Waals surface area contributed by atoms with Gasteiger partial charge in [-0.05, 0) is 58.7 Å². The van der Waals surface area contributed by atoms with Crippen LogP contribution in [0.2, 0.25) is 0 Å². The minimum atomic E-state index is 0.724. The van der Waals surface area contributed by atoms with Gasteiger partial charge in [-0.1, -0.05) is 12.1 Å². The second-order valence-electron chi connectivity index (χ2n) is 4.05. The van der Waals surface area contributed by atoms with Crippen molar-refractivity contribution in [3.8, 4) is 5.75 Å². The summed E-state index contributed by atoms with van der Waals surface area (Å²) in [7, 11) is 0. The highest BCUT2D eigenvalue weighted by atomic mass is 79.9. The van der Waals surface area contributed by atoms with Gasteiger partial charge in [0, 0.05) is 20.8 Å². The normalized spacial score (nSPS) is 10.4. The fraction of sp³-hybridized carbons (Fsp3) is 0.200. The van der Waals surface area contributed by atoms with Crippen LogP contribution < -0.4 is 10.5 Å². The lowest BCUT2D eigenvalue weighted by Crippen LogP contribution is -1.98. The van der Waals surface area contributed by atoms with Crippen LogP contribution in [0.25, 0.3) is 0 Å². The maximum atomic E-state index is 5.65. The van der Waals surface area contributed by atoms with E-state index in [1.807, 2.05) is 42.1 Å². The topological polar surface area (TPSA) is 35.2 Å². The maximum Gasteiger partial charge on any atom is 0.119 e. The van der Waals surface area contributed by atoms with Crippen molar-refractivity contribution < 1.29 is 4.74 Å². The van der Waals surface area contributed by atoms with Crippen molar-refractivity contribution in [2.24, 2.45) is 0 Å². The molecule has 0 spiro atoms. The standard InChI is InChI=1S/C15H16BrNOS/c16-14-4-1-2-5-15(14)19-11-3-10-18-13-8-6-12(17)7-9-13/h1-2,4-9H,3,10-11,17H2. The molecule has 0 aromatic heterocycles. The van der Waals surface area contributed by atoms with E-state index in [0.29, 0.717) is 0 Å². The highest BCUT2D eigenvalue weighted by Gasteiger charge is 1.99. The molecule has 0 saturated heterocycles. The van der Waals surface area contributed by atoms with E-state index in [1.165, 1.54) is 4.90 Å². The number of halogens is 1. The van der Waals surface area contributed by atoms with Crippen LogP contribution in [0.3, 0.4) is 0 Å². The number of benzene rings is 2. The number of rotatable bonds is 6. The lowest BCUT2D eigenvalue weighted by molar-refractivity contribution is 0.319. The molecule has 0 aliphatic rings. The first kappa shape index (κ1) is 14.3. The van der Waals surface area contributed by atoms with Crippen LogP contribution >= 0.6 is 27.7 Å². The Morgan fingerprint density at radius 1 is 1.05 bits per heavy atom. The summed E-state index contributed by atoms with van der Waals surface area (Å²) in [4.78, 5) is 1.27. The summed E-state index contributed by atoms with van der Waals surface area (Å²) in [6.45, 7) is 0.724. The number of nitrogens with two attached hydrogens (primary N) is 1. The number of hydrogen-bond acceptors (Lipinski definition) is 3. The fourth-order valence-electron chi connectivity index (χ4n) is 1.56. The average molecular weight is 338 g/mol. The van der Waals surface area contributed by atoms with Gasteiger partial charge in [-0.2, -0.15) is 0 Å². The molecule has 0 saturated carbocycles. The third kappa shape index (κ3) is 4.80. The van der Waals surface area contributed by atoms with E-state index in [4.69, 9.17) is 10.5 Å². The Morgan fingerprint density at radius 2 is 1.79 bits per heavy atom. The van der Waals surface area contributed by atoms with Gasteiger partial charge in [0.25, 0.3) is 0 Å². The summed E-state index contributed by atoms with van der Waals surface area (Å²) < 4.78 is 6.80. The van der Waals surface area contributed by atoms with Crippen molar-refractivity contribution in [3.05, 3.63) is 53.0 Å². The molecule has 2 N–H and O–H groups in total. The molecule has 2 aromatic rings. The number of thioether (sulfide) groups is 1. The van der Waals surface area contributed by atoms with Crippen molar-refractivity contribution in [2.75, 3.05) is 18.1 Å². The van der Waals surface area contributed by atoms with Gasteiger partial charge in [-0.25, -0.2) is 0 Å². The molecular formula is C15H16BrNOS. The first-order chi connectivity index (χ1) is 9.25. The first-order valence-electron chi connectivity index (χ1n) is 6.11. The molecule has 19 heavy (non-hydrogen) atoms. The number of ether oxygens (including phenoxy) is 1. The smallest absolute Gasteiger partial charge is 0.119 e. The zero-order chi connectivity index (χ0) is 13.5. The molecule has 2 aromatic carbocycles. The van der Waals surface area contributed by atoms with E-state index < -0.39 is 0 Å². The second kappa shape index (κ2) is 7.46. The Kier molecular flexibility index (Phi) is 5.61. The molecule has 2 nitrogen and oxygen atoms in total. The largest absolute Gasteiger partial charge is 0.494 e. The Bertz CT molecular complexity index is 516. The Labute approximate surface area is 126 Å². The van der Waals surface area contributed by atoms with Crippen molar-refractivity contribution in [1.82, 2.24) is 0 Å². The lowest BCUT2D eigenvalue weighted by Gasteiger charge is -2.07. The molecule has 100 valence electrons. The molecule has 0 aliphatic heterocycles. The predicted octanol–water partition coefficient (Wildman–Crippen LogP) is 4.59. The van der Waals surface area contributed by atoms with Crippen LogP contribution in [0.5, 0.6) is 5.75 Å². The van der Waals surface area contributed by atoms with Gasteiger partial charge in [-0.15, -0.1) is 11.8 Å². The lowest BCUT2D eigenvalue weighted by atomic mass is 10.3. The van der Waals surface area contributed by atoms with Crippen LogP contribution in [0.1, 0.15) is 6.42 Å². The van der Waals surface area contributed by atoms with Gasteiger partial charge >= 0.3 is 0 Å². The van der Waals surface area contributed by atoms with E-state index in [-0.39, 0.29) is 0 Å². The summed E-state index contributed by atoms with van der Waals surface area (Å²) in [5.74, 6) is 1.91. The molecule has 2 rings (SSSR count). The van der Waals surface area contributed by atoms with Gasteiger partial charge < -0.3 is 10.5 Å². The van der Waals surface area contributed by atoms with Crippen LogP contribution in [-0.2, 0) is 0 Å². The van der Waals surface area contributed by atoms with Crippen LogP contribution in [-0.4, -0.2) is 12.4 Å². The monoisotopic (exact) mass is 337 g/mol. The SMILES string of the molecule is Nc1ccc(OCCCSc2ccccc2Br)cc1. The van der Waals surface area contributed by atoms with Crippen molar-refractivity contribution >= 4 is 33.4 Å². The van der Waals surface area contributed by atoms with E-state index in [1.54, 1.807) is 0 Å². The molecular weight excluding hydrogens is 322 g/mol. The number of anilines is 1. The molecule has 4 heteroatoms. The summed E-state index contributed by atoms with van der Waals surface area (Å²) >= 11 is 5.38. The van der Waals surface area contributed by atoms with E-state index >= 15 is 0 Å². The minimum Gasteiger partial charge on any atom is -0.494 e. The molecule has 0 aliphatic carbocycles. The Morgan fingerprint density at radius 3 is 2.53 bits per heavy atom. The molecule has 0 fully saturated rings. The van der Waals surface area contributed by atoms with E-state index in [0.717, 1.165) is 34.7 Å². The van der Waals surface area contributed by atoms with E-state index in [2.05, 4.69) is 34.1 Å².